The third kappa shape index (κ3) is 4.59. The van der Waals surface area contributed by atoms with Gasteiger partial charge in [0, 0.05) is 0 Å². The summed E-state index contributed by atoms with van der Waals surface area (Å²) in [4.78, 5) is 15.6. The number of piperazine rings is 1. The van der Waals surface area contributed by atoms with Crippen molar-refractivity contribution < 1.29 is 22.8 Å². The Morgan fingerprint density at radius 2 is 1.83 bits per heavy atom. The number of carbonyl (C=O) groups is 1. The number of rotatable bonds is 5. The van der Waals surface area contributed by atoms with E-state index in [1.165, 1.54) is 4.90 Å². The van der Waals surface area contributed by atoms with Crippen LogP contribution in [0.15, 0.2) is 24.3 Å². The molecule has 0 aromatic heterocycles. The molecule has 0 radical (unpaired) electrons. The Morgan fingerprint density at radius 1 is 1.26 bits per heavy atom. The van der Waals surface area contributed by atoms with Crippen LogP contribution in [0.2, 0.25) is 0 Å². The van der Waals surface area contributed by atoms with Crippen LogP contribution in [0.1, 0.15) is 0 Å². The second-order valence-corrected chi connectivity index (χ2v) is 7.71. The van der Waals surface area contributed by atoms with Crippen LogP contribution in [0.3, 0.4) is 0 Å². The number of nitrogens with zero attached hydrogens (tertiary/aromatic N) is 2. The van der Waals surface area contributed by atoms with Crippen molar-refractivity contribution in [3.8, 4) is 5.75 Å². The molecule has 0 atom stereocenters. The minimum atomic E-state index is -3.54. The first kappa shape index (κ1) is 17.6. The van der Waals surface area contributed by atoms with Crippen LogP contribution in [0.5, 0.6) is 5.75 Å². The summed E-state index contributed by atoms with van der Waals surface area (Å²) >= 11 is 0. The maximum Gasteiger partial charge on any atom is 0.243 e. The van der Waals surface area contributed by atoms with Crippen LogP contribution in [0, 0.1) is 0 Å². The Labute approximate surface area is 137 Å². The number of nitrogens with one attached hydrogen (secondary N) is 1. The van der Waals surface area contributed by atoms with Gasteiger partial charge in [0.05, 0.1) is 52.3 Å². The highest BCUT2D eigenvalue weighted by Gasteiger charge is 2.26. The summed E-state index contributed by atoms with van der Waals surface area (Å²) in [6.45, 7) is 2.90. The molecule has 0 spiro atoms. The van der Waals surface area contributed by atoms with Crippen molar-refractivity contribution >= 4 is 21.6 Å². The topological polar surface area (TPSA) is 71.4 Å². The maximum atomic E-state index is 12.4. The van der Waals surface area contributed by atoms with Gasteiger partial charge in [0.2, 0.25) is 15.9 Å². The van der Waals surface area contributed by atoms with Gasteiger partial charge in [-0.2, -0.15) is 0 Å². The zero-order valence-corrected chi connectivity index (χ0v) is 14.6. The number of hydrogen-bond acceptors (Lipinski definition) is 4. The lowest BCUT2D eigenvalue weighted by molar-refractivity contribution is -0.883. The lowest BCUT2D eigenvalue weighted by Crippen LogP contribution is -3.12. The van der Waals surface area contributed by atoms with E-state index in [2.05, 4.69) is 7.05 Å². The summed E-state index contributed by atoms with van der Waals surface area (Å²) in [5, 5.41) is 0. The number of sulfonamides is 1. The second kappa shape index (κ2) is 7.18. The molecule has 1 fully saturated rings. The second-order valence-electron chi connectivity index (χ2n) is 5.81. The number of quaternary nitrogens is 1. The highest BCUT2D eigenvalue weighted by molar-refractivity contribution is 7.92. The molecule has 1 amide bonds. The molecule has 128 valence electrons. The van der Waals surface area contributed by atoms with E-state index in [0.717, 1.165) is 23.7 Å². The van der Waals surface area contributed by atoms with Crippen molar-refractivity contribution in [1.29, 1.82) is 0 Å². The fraction of sp³-hybridized carbons (Fsp3) is 0.533. The fourth-order valence-electron chi connectivity index (χ4n) is 2.51. The smallest absolute Gasteiger partial charge is 0.243 e. The maximum absolute atomic E-state index is 12.4. The number of carbonyl (C=O) groups excluding carboxylic acids is 1. The van der Waals surface area contributed by atoms with Crippen LogP contribution >= 0.6 is 0 Å². The van der Waals surface area contributed by atoms with Gasteiger partial charge in [-0.15, -0.1) is 0 Å². The minimum absolute atomic E-state index is 0.168. The number of ether oxygens (including phenoxy) is 1. The van der Waals surface area contributed by atoms with E-state index < -0.39 is 10.0 Å². The molecular formula is C15H24N3O4S+. The molecule has 1 heterocycles. The van der Waals surface area contributed by atoms with Crippen molar-refractivity contribution in [2.75, 3.05) is 57.4 Å². The predicted molar refractivity (Wildman–Crippen MR) is 88.4 cm³/mol. The molecule has 7 nitrogen and oxygen atoms in total. The highest BCUT2D eigenvalue weighted by Crippen LogP contribution is 2.21. The predicted octanol–water partition coefficient (Wildman–Crippen LogP) is -1.18. The van der Waals surface area contributed by atoms with Crippen molar-refractivity contribution in [2.45, 2.75) is 0 Å². The van der Waals surface area contributed by atoms with Gasteiger partial charge in [0.25, 0.3) is 0 Å². The quantitative estimate of drug-likeness (QED) is 0.731. The molecule has 8 heteroatoms. The number of hydrogen-bond donors (Lipinski definition) is 1. The molecule has 0 saturated carbocycles. The van der Waals surface area contributed by atoms with Gasteiger partial charge in [0.15, 0.2) is 0 Å². The van der Waals surface area contributed by atoms with Gasteiger partial charge in [-0.25, -0.2) is 8.42 Å². The third-order valence-electron chi connectivity index (χ3n) is 4.01. The van der Waals surface area contributed by atoms with Crippen molar-refractivity contribution in [3.63, 3.8) is 0 Å². The monoisotopic (exact) mass is 342 g/mol. The van der Waals surface area contributed by atoms with E-state index in [9.17, 15) is 13.2 Å². The first-order chi connectivity index (χ1) is 10.8. The van der Waals surface area contributed by atoms with E-state index in [-0.39, 0.29) is 12.5 Å². The molecule has 1 saturated heterocycles. The number of methoxy groups -OCH3 is 1. The molecule has 1 aromatic carbocycles. The Morgan fingerprint density at radius 3 is 2.30 bits per heavy atom. The molecule has 0 bridgehead atoms. The Bertz CT molecular complexity index is 637. The summed E-state index contributed by atoms with van der Waals surface area (Å²) in [6.07, 6.45) is 1.11. The highest BCUT2D eigenvalue weighted by atomic mass is 32.2. The van der Waals surface area contributed by atoms with E-state index in [1.54, 1.807) is 36.3 Å². The minimum Gasteiger partial charge on any atom is -0.497 e. The Balaban J connectivity index is 2.14. The summed E-state index contributed by atoms with van der Waals surface area (Å²) in [5.74, 6) is 0.467. The summed E-state index contributed by atoms with van der Waals surface area (Å²) in [5.41, 5.74) is 0.460. The van der Waals surface area contributed by atoms with Gasteiger partial charge in [0.1, 0.15) is 12.3 Å². The molecule has 0 aliphatic carbocycles. The van der Waals surface area contributed by atoms with Gasteiger partial charge < -0.3 is 14.5 Å². The summed E-state index contributed by atoms with van der Waals surface area (Å²) in [6, 6.07) is 6.64. The third-order valence-corrected chi connectivity index (χ3v) is 5.15. The molecule has 0 unspecified atom stereocenters. The van der Waals surface area contributed by atoms with E-state index in [1.807, 2.05) is 0 Å². The number of benzene rings is 1. The van der Waals surface area contributed by atoms with Crippen LogP contribution in [0.4, 0.5) is 5.69 Å². The first-order valence-corrected chi connectivity index (χ1v) is 9.37. The number of anilines is 1. The Hall–Kier alpha value is -1.80. The molecule has 23 heavy (non-hydrogen) atoms. The van der Waals surface area contributed by atoms with Gasteiger partial charge >= 0.3 is 0 Å². The average molecular weight is 342 g/mol. The zero-order chi connectivity index (χ0) is 17.0. The molecule has 1 aliphatic heterocycles. The van der Waals surface area contributed by atoms with E-state index in [4.69, 9.17) is 4.74 Å². The first-order valence-electron chi connectivity index (χ1n) is 7.52. The lowest BCUT2D eigenvalue weighted by atomic mass is 10.3. The molecule has 1 N–H and O–H groups in total. The fourth-order valence-corrected chi connectivity index (χ4v) is 3.36. The van der Waals surface area contributed by atoms with Gasteiger partial charge in [-0.3, -0.25) is 9.10 Å². The normalized spacial score (nSPS) is 16.2. The zero-order valence-electron chi connectivity index (χ0n) is 13.8. The summed E-state index contributed by atoms with van der Waals surface area (Å²) < 4.78 is 30.4. The van der Waals surface area contributed by atoms with Crippen LogP contribution in [-0.2, 0) is 14.8 Å². The van der Waals surface area contributed by atoms with Crippen LogP contribution in [-0.4, -0.2) is 72.4 Å². The molecule has 1 aromatic rings. The van der Waals surface area contributed by atoms with Crippen molar-refractivity contribution in [1.82, 2.24) is 4.90 Å². The Kier molecular flexibility index (Phi) is 5.48. The molecule has 1 aliphatic rings. The summed E-state index contributed by atoms with van der Waals surface area (Å²) in [7, 11) is 0.0869. The standard InChI is InChI=1S/C15H23N3O4S/c1-16-8-10-17(11-9-16)15(19)12-18(23(3,20)21)13-4-6-14(22-2)7-5-13/h4-7H,8-12H2,1-3H3/p+1. The largest absolute Gasteiger partial charge is 0.497 e. The van der Waals surface area contributed by atoms with Crippen molar-refractivity contribution in [2.24, 2.45) is 0 Å². The lowest BCUT2D eigenvalue weighted by Gasteiger charge is -2.32. The number of amides is 1. The van der Waals surface area contributed by atoms with Crippen LogP contribution < -0.4 is 13.9 Å². The van der Waals surface area contributed by atoms with E-state index >= 15 is 0 Å². The van der Waals surface area contributed by atoms with Gasteiger partial charge in [-0.1, -0.05) is 0 Å². The molecule has 2 rings (SSSR count). The van der Waals surface area contributed by atoms with Crippen LogP contribution in [0.25, 0.3) is 0 Å². The number of likely N-dealkylation sites (N-methyl/N-ethyl adjacent to an activating group) is 1. The average Bonchev–Trinajstić information content (AvgIpc) is 2.52. The SMILES string of the molecule is COc1ccc(N(CC(=O)N2CC[NH+](C)CC2)S(C)(=O)=O)cc1. The van der Waals surface area contributed by atoms with Crippen molar-refractivity contribution in [3.05, 3.63) is 24.3 Å². The van der Waals surface area contributed by atoms with Gasteiger partial charge in [-0.05, 0) is 24.3 Å². The van der Waals surface area contributed by atoms with E-state index in [0.29, 0.717) is 24.5 Å². The molecular weight excluding hydrogens is 318 g/mol.